The van der Waals surface area contributed by atoms with Crippen LogP contribution < -0.4 is 15.0 Å². The van der Waals surface area contributed by atoms with E-state index in [0.717, 1.165) is 25.2 Å². The third kappa shape index (κ3) is 2.82. The number of benzene rings is 1. The zero-order valence-corrected chi connectivity index (χ0v) is 12.1. The highest BCUT2D eigenvalue weighted by Gasteiger charge is 2.19. The van der Waals surface area contributed by atoms with Gasteiger partial charge >= 0.3 is 0 Å². The van der Waals surface area contributed by atoms with Gasteiger partial charge in [-0.15, -0.1) is 5.10 Å². The van der Waals surface area contributed by atoms with Gasteiger partial charge in [0.1, 0.15) is 0 Å². The van der Waals surface area contributed by atoms with Crippen molar-refractivity contribution >= 4 is 5.95 Å². The molecular formula is C14H18FN5O. The molecule has 0 unspecified atom stereocenters. The number of methoxy groups -OCH3 is 1. The maximum absolute atomic E-state index is 13.4. The van der Waals surface area contributed by atoms with Gasteiger partial charge < -0.3 is 15.0 Å². The van der Waals surface area contributed by atoms with E-state index in [1.165, 1.54) is 13.2 Å². The first-order valence-electron chi connectivity index (χ1n) is 6.92. The summed E-state index contributed by atoms with van der Waals surface area (Å²) in [5.41, 5.74) is 0.746. The molecule has 7 heteroatoms. The molecular weight excluding hydrogens is 273 g/mol. The molecule has 1 saturated heterocycles. The van der Waals surface area contributed by atoms with E-state index in [1.807, 2.05) is 0 Å². The number of rotatable bonds is 3. The smallest absolute Gasteiger partial charge is 0.245 e. The first-order valence-corrected chi connectivity index (χ1v) is 6.92. The molecule has 0 radical (unpaired) electrons. The Morgan fingerprint density at radius 2 is 2.29 bits per heavy atom. The van der Waals surface area contributed by atoms with E-state index >= 15 is 0 Å². The quantitative estimate of drug-likeness (QED) is 0.895. The minimum absolute atomic E-state index is 0.196. The lowest BCUT2D eigenvalue weighted by atomic mass is 10.2. The van der Waals surface area contributed by atoms with Crippen molar-refractivity contribution in [1.82, 2.24) is 20.5 Å². The summed E-state index contributed by atoms with van der Waals surface area (Å²) in [5, 5.41) is 10.5. The van der Waals surface area contributed by atoms with Gasteiger partial charge in [-0.2, -0.15) is 4.98 Å². The SMILES string of the molecule is COc1cc(-c2nc(N3CCN[C@@H](C)C3)n[nH]2)ccc1F. The maximum Gasteiger partial charge on any atom is 0.245 e. The predicted molar refractivity (Wildman–Crippen MR) is 78.0 cm³/mol. The van der Waals surface area contributed by atoms with E-state index < -0.39 is 5.82 Å². The second-order valence-corrected chi connectivity index (χ2v) is 5.13. The molecule has 1 aromatic carbocycles. The molecule has 1 aliphatic rings. The Labute approximate surface area is 122 Å². The zero-order chi connectivity index (χ0) is 14.8. The summed E-state index contributed by atoms with van der Waals surface area (Å²) in [6, 6.07) is 5.04. The van der Waals surface area contributed by atoms with Gasteiger partial charge in [0.15, 0.2) is 17.4 Å². The fraction of sp³-hybridized carbons (Fsp3) is 0.429. The average molecular weight is 291 g/mol. The number of H-pyrrole nitrogens is 1. The van der Waals surface area contributed by atoms with Gasteiger partial charge in [0.25, 0.3) is 0 Å². The van der Waals surface area contributed by atoms with Crippen molar-refractivity contribution < 1.29 is 9.13 Å². The molecule has 21 heavy (non-hydrogen) atoms. The third-order valence-corrected chi connectivity index (χ3v) is 3.55. The van der Waals surface area contributed by atoms with Crippen LogP contribution in [0.4, 0.5) is 10.3 Å². The molecule has 0 spiro atoms. The fourth-order valence-corrected chi connectivity index (χ4v) is 2.44. The Morgan fingerprint density at radius 1 is 1.43 bits per heavy atom. The van der Waals surface area contributed by atoms with Crippen molar-refractivity contribution in [1.29, 1.82) is 0 Å². The van der Waals surface area contributed by atoms with Crippen molar-refractivity contribution in [3.8, 4) is 17.1 Å². The molecule has 1 fully saturated rings. The van der Waals surface area contributed by atoms with Gasteiger partial charge in [-0.05, 0) is 25.1 Å². The molecule has 112 valence electrons. The van der Waals surface area contributed by atoms with Crippen LogP contribution in [-0.4, -0.2) is 48.0 Å². The third-order valence-electron chi connectivity index (χ3n) is 3.55. The van der Waals surface area contributed by atoms with Crippen LogP contribution in [0.15, 0.2) is 18.2 Å². The summed E-state index contributed by atoms with van der Waals surface area (Å²) in [4.78, 5) is 6.62. The van der Waals surface area contributed by atoms with Crippen LogP contribution in [0.1, 0.15) is 6.92 Å². The second-order valence-electron chi connectivity index (χ2n) is 5.13. The number of hydrogen-bond donors (Lipinski definition) is 2. The van der Waals surface area contributed by atoms with Gasteiger partial charge in [-0.25, -0.2) is 4.39 Å². The molecule has 0 amide bonds. The number of aromatic amines is 1. The molecule has 1 atom stereocenters. The lowest BCUT2D eigenvalue weighted by Gasteiger charge is -2.30. The largest absolute Gasteiger partial charge is 0.494 e. The van der Waals surface area contributed by atoms with Crippen molar-refractivity contribution in [2.75, 3.05) is 31.6 Å². The summed E-state index contributed by atoms with van der Waals surface area (Å²) in [5.74, 6) is 1.08. The van der Waals surface area contributed by atoms with E-state index in [2.05, 4.69) is 32.3 Å². The van der Waals surface area contributed by atoms with E-state index in [4.69, 9.17) is 4.74 Å². The molecule has 1 aromatic heterocycles. The summed E-state index contributed by atoms with van der Waals surface area (Å²) in [6.45, 7) is 4.78. The highest BCUT2D eigenvalue weighted by Crippen LogP contribution is 2.25. The van der Waals surface area contributed by atoms with Crippen molar-refractivity contribution in [3.63, 3.8) is 0 Å². The van der Waals surface area contributed by atoms with Gasteiger partial charge in [-0.3, -0.25) is 5.10 Å². The van der Waals surface area contributed by atoms with Crippen LogP contribution in [0.5, 0.6) is 5.75 Å². The summed E-state index contributed by atoms with van der Waals surface area (Å²) >= 11 is 0. The van der Waals surface area contributed by atoms with Gasteiger partial charge in [0.2, 0.25) is 5.95 Å². The Morgan fingerprint density at radius 3 is 3.05 bits per heavy atom. The Hall–Kier alpha value is -2.15. The van der Waals surface area contributed by atoms with Crippen LogP contribution in [-0.2, 0) is 0 Å². The van der Waals surface area contributed by atoms with E-state index in [9.17, 15) is 4.39 Å². The van der Waals surface area contributed by atoms with Crippen LogP contribution in [0, 0.1) is 5.82 Å². The lowest BCUT2D eigenvalue weighted by molar-refractivity contribution is 0.387. The van der Waals surface area contributed by atoms with Crippen LogP contribution >= 0.6 is 0 Å². The lowest BCUT2D eigenvalue weighted by Crippen LogP contribution is -2.49. The molecule has 2 aromatic rings. The first-order chi connectivity index (χ1) is 10.2. The average Bonchev–Trinajstić information content (AvgIpc) is 2.97. The number of ether oxygens (including phenoxy) is 1. The Kier molecular flexibility index (Phi) is 3.74. The zero-order valence-electron chi connectivity index (χ0n) is 12.1. The van der Waals surface area contributed by atoms with E-state index in [1.54, 1.807) is 12.1 Å². The number of anilines is 1. The normalized spacial score (nSPS) is 18.8. The van der Waals surface area contributed by atoms with Gasteiger partial charge in [0, 0.05) is 31.2 Å². The molecule has 2 N–H and O–H groups in total. The van der Waals surface area contributed by atoms with Crippen molar-refractivity contribution in [3.05, 3.63) is 24.0 Å². The van der Waals surface area contributed by atoms with Gasteiger partial charge in [0.05, 0.1) is 7.11 Å². The van der Waals surface area contributed by atoms with E-state index in [0.29, 0.717) is 17.8 Å². The number of piperazine rings is 1. The Balaban J connectivity index is 1.84. The van der Waals surface area contributed by atoms with Crippen LogP contribution in [0.2, 0.25) is 0 Å². The van der Waals surface area contributed by atoms with Crippen molar-refractivity contribution in [2.45, 2.75) is 13.0 Å². The standard InChI is InChI=1S/C14H18FN5O/c1-9-8-20(6-5-16-9)14-17-13(18-19-14)10-3-4-11(15)12(7-10)21-2/h3-4,7,9,16H,5-6,8H2,1-2H3,(H,17,18,19)/t9-/m0/s1. The number of halogens is 1. The molecule has 3 rings (SSSR count). The minimum atomic E-state index is -0.392. The molecule has 0 aliphatic carbocycles. The predicted octanol–water partition coefficient (Wildman–Crippen LogP) is 1.42. The Bertz CT molecular complexity index is 630. The molecule has 2 heterocycles. The highest BCUT2D eigenvalue weighted by atomic mass is 19.1. The van der Waals surface area contributed by atoms with E-state index in [-0.39, 0.29) is 5.75 Å². The van der Waals surface area contributed by atoms with Crippen LogP contribution in [0.25, 0.3) is 11.4 Å². The monoisotopic (exact) mass is 291 g/mol. The molecule has 1 aliphatic heterocycles. The summed E-state index contributed by atoms with van der Waals surface area (Å²) in [6.07, 6.45) is 0. The van der Waals surface area contributed by atoms with Crippen molar-refractivity contribution in [2.24, 2.45) is 0 Å². The molecule has 0 bridgehead atoms. The second kappa shape index (κ2) is 5.69. The molecule has 0 saturated carbocycles. The summed E-state index contributed by atoms with van der Waals surface area (Å²) < 4.78 is 18.4. The van der Waals surface area contributed by atoms with Gasteiger partial charge in [-0.1, -0.05) is 0 Å². The molecule has 6 nitrogen and oxygen atoms in total. The highest BCUT2D eigenvalue weighted by molar-refractivity contribution is 5.59. The summed E-state index contributed by atoms with van der Waals surface area (Å²) in [7, 11) is 1.44. The number of aromatic nitrogens is 3. The maximum atomic E-state index is 13.4. The number of nitrogens with one attached hydrogen (secondary N) is 2. The topological polar surface area (TPSA) is 66.1 Å². The fourth-order valence-electron chi connectivity index (χ4n) is 2.44. The number of nitrogens with zero attached hydrogens (tertiary/aromatic N) is 3. The number of hydrogen-bond acceptors (Lipinski definition) is 5. The first kappa shape index (κ1) is 13.8. The van der Waals surface area contributed by atoms with Crippen LogP contribution in [0.3, 0.4) is 0 Å². The minimum Gasteiger partial charge on any atom is -0.494 e.